The minimum atomic E-state index is -0.187. The highest BCUT2D eigenvalue weighted by Gasteiger charge is 2.18. The maximum absolute atomic E-state index is 12.9. The summed E-state index contributed by atoms with van der Waals surface area (Å²) in [7, 11) is 0. The Hall–Kier alpha value is -2.81. The largest absolute Gasteiger partial charge is 0.490 e. The van der Waals surface area contributed by atoms with Crippen molar-refractivity contribution >= 4 is 23.4 Å². The molecule has 33 heavy (non-hydrogen) atoms. The number of aryl methyl sites for hydroxylation is 2. The normalized spacial score (nSPS) is 12.1. The first-order chi connectivity index (χ1) is 15.9. The molecule has 0 bridgehead atoms. The standard InChI is InChI=1S/C24H33N5O3S/c1-7-11-31-20-10-9-18(13-21(20)32-12-8-2)15(3)25-22(30)14-19-16(4)26-23-27-24(33-6)28-29(23)17(19)5/h9-10,13,15H,7-8,11-12,14H2,1-6H3,(H,25,30). The first kappa shape index (κ1) is 24.8. The van der Waals surface area contributed by atoms with Crippen molar-refractivity contribution in [1.82, 2.24) is 24.9 Å². The Morgan fingerprint density at radius 2 is 1.82 bits per heavy atom. The smallest absolute Gasteiger partial charge is 0.253 e. The minimum absolute atomic E-state index is 0.0811. The summed E-state index contributed by atoms with van der Waals surface area (Å²) in [5.74, 6) is 1.91. The first-order valence-corrected chi connectivity index (χ1v) is 12.6. The molecular formula is C24H33N5O3S. The number of aromatic nitrogens is 4. The highest BCUT2D eigenvalue weighted by Crippen LogP contribution is 2.31. The molecule has 1 aromatic carbocycles. The zero-order valence-electron chi connectivity index (χ0n) is 20.3. The topological polar surface area (TPSA) is 90.6 Å². The molecule has 0 radical (unpaired) electrons. The van der Waals surface area contributed by atoms with E-state index in [1.165, 1.54) is 11.8 Å². The Labute approximate surface area is 199 Å². The number of hydrogen-bond donors (Lipinski definition) is 1. The highest BCUT2D eigenvalue weighted by atomic mass is 32.2. The van der Waals surface area contributed by atoms with Gasteiger partial charge in [0.05, 0.1) is 25.7 Å². The van der Waals surface area contributed by atoms with Crippen LogP contribution in [0.4, 0.5) is 0 Å². The molecule has 1 N–H and O–H groups in total. The molecule has 1 amide bonds. The lowest BCUT2D eigenvalue weighted by molar-refractivity contribution is -0.121. The zero-order valence-corrected chi connectivity index (χ0v) is 21.1. The number of thioether (sulfide) groups is 1. The lowest BCUT2D eigenvalue weighted by Crippen LogP contribution is -2.29. The molecule has 0 aliphatic rings. The fourth-order valence-electron chi connectivity index (χ4n) is 3.52. The van der Waals surface area contributed by atoms with Gasteiger partial charge in [-0.05, 0) is 57.6 Å². The molecule has 9 heteroatoms. The molecule has 3 aromatic rings. The summed E-state index contributed by atoms with van der Waals surface area (Å²) >= 11 is 1.46. The lowest BCUT2D eigenvalue weighted by atomic mass is 10.1. The van der Waals surface area contributed by atoms with Gasteiger partial charge in [-0.25, -0.2) is 9.50 Å². The predicted octanol–water partition coefficient (Wildman–Crippen LogP) is 4.46. The quantitative estimate of drug-likeness (QED) is 0.413. The van der Waals surface area contributed by atoms with E-state index in [0.717, 1.165) is 41.1 Å². The molecule has 0 spiro atoms. The summed E-state index contributed by atoms with van der Waals surface area (Å²) in [6.45, 7) is 11.2. The molecule has 178 valence electrons. The van der Waals surface area contributed by atoms with E-state index in [-0.39, 0.29) is 18.4 Å². The second-order valence-electron chi connectivity index (χ2n) is 7.94. The Balaban J connectivity index is 1.75. The van der Waals surface area contributed by atoms with Crippen molar-refractivity contribution < 1.29 is 14.3 Å². The number of amides is 1. The summed E-state index contributed by atoms with van der Waals surface area (Å²) < 4.78 is 13.4. The molecule has 3 rings (SSSR count). The van der Waals surface area contributed by atoms with Crippen LogP contribution in [0.15, 0.2) is 23.4 Å². The highest BCUT2D eigenvalue weighted by molar-refractivity contribution is 7.98. The lowest BCUT2D eigenvalue weighted by Gasteiger charge is -2.18. The van der Waals surface area contributed by atoms with E-state index in [1.807, 2.05) is 45.2 Å². The molecular weight excluding hydrogens is 438 g/mol. The molecule has 8 nitrogen and oxygen atoms in total. The van der Waals surface area contributed by atoms with Gasteiger partial charge in [0.1, 0.15) is 0 Å². The van der Waals surface area contributed by atoms with Crippen molar-refractivity contribution in [3.8, 4) is 11.5 Å². The fourth-order valence-corrected chi connectivity index (χ4v) is 3.86. The number of nitrogens with zero attached hydrogens (tertiary/aromatic N) is 4. The van der Waals surface area contributed by atoms with E-state index in [1.54, 1.807) is 4.52 Å². The predicted molar refractivity (Wildman–Crippen MR) is 130 cm³/mol. The summed E-state index contributed by atoms with van der Waals surface area (Å²) in [5, 5.41) is 8.22. The van der Waals surface area contributed by atoms with Crippen molar-refractivity contribution in [3.63, 3.8) is 0 Å². The van der Waals surface area contributed by atoms with E-state index < -0.39 is 0 Å². The van der Waals surface area contributed by atoms with Crippen LogP contribution in [0.5, 0.6) is 11.5 Å². The van der Waals surface area contributed by atoms with E-state index in [9.17, 15) is 4.79 Å². The maximum atomic E-state index is 12.9. The number of benzene rings is 1. The molecule has 0 aliphatic carbocycles. The Morgan fingerprint density at radius 3 is 2.48 bits per heavy atom. The van der Waals surface area contributed by atoms with Crippen LogP contribution in [0.25, 0.3) is 5.78 Å². The van der Waals surface area contributed by atoms with Crippen LogP contribution in [-0.2, 0) is 11.2 Å². The van der Waals surface area contributed by atoms with E-state index in [0.29, 0.717) is 29.9 Å². The summed E-state index contributed by atoms with van der Waals surface area (Å²) in [5.41, 5.74) is 3.48. The van der Waals surface area contributed by atoms with Crippen LogP contribution in [0.2, 0.25) is 0 Å². The molecule has 2 heterocycles. The number of nitrogens with one attached hydrogen (secondary N) is 1. The number of hydrogen-bond acceptors (Lipinski definition) is 7. The number of ether oxygens (including phenoxy) is 2. The van der Waals surface area contributed by atoms with Gasteiger partial charge in [0.2, 0.25) is 11.1 Å². The van der Waals surface area contributed by atoms with Crippen LogP contribution in [0.1, 0.15) is 62.2 Å². The SMILES string of the molecule is CCCOc1ccc(C(C)NC(=O)Cc2c(C)nc3nc(SC)nn3c2C)cc1OCCC. The van der Waals surface area contributed by atoms with Crippen molar-refractivity contribution in [2.75, 3.05) is 19.5 Å². The van der Waals surface area contributed by atoms with Gasteiger partial charge in [0.15, 0.2) is 11.5 Å². The van der Waals surface area contributed by atoms with Crippen molar-refractivity contribution in [2.24, 2.45) is 0 Å². The minimum Gasteiger partial charge on any atom is -0.490 e. The van der Waals surface area contributed by atoms with Gasteiger partial charge in [-0.15, -0.1) is 5.10 Å². The number of rotatable bonds is 11. The molecule has 1 atom stereocenters. The summed E-state index contributed by atoms with van der Waals surface area (Å²) in [4.78, 5) is 21.9. The van der Waals surface area contributed by atoms with Gasteiger partial charge in [-0.2, -0.15) is 4.98 Å². The first-order valence-electron chi connectivity index (χ1n) is 11.3. The third-order valence-electron chi connectivity index (χ3n) is 5.32. The Bertz CT molecular complexity index is 1120. The van der Waals surface area contributed by atoms with Crippen molar-refractivity contribution in [2.45, 2.75) is 65.1 Å². The van der Waals surface area contributed by atoms with Gasteiger partial charge in [0.25, 0.3) is 5.78 Å². The van der Waals surface area contributed by atoms with Crippen molar-refractivity contribution in [3.05, 3.63) is 40.7 Å². The van der Waals surface area contributed by atoms with Crippen LogP contribution in [-0.4, -0.2) is 45.0 Å². The number of carbonyl (C=O) groups is 1. The zero-order chi connectivity index (χ0) is 24.0. The molecule has 0 saturated carbocycles. The van der Waals surface area contributed by atoms with Crippen LogP contribution in [0, 0.1) is 13.8 Å². The van der Waals surface area contributed by atoms with Gasteiger partial charge in [-0.3, -0.25) is 4.79 Å². The molecule has 2 aromatic heterocycles. The van der Waals surface area contributed by atoms with Gasteiger partial charge in [-0.1, -0.05) is 31.7 Å². The van der Waals surface area contributed by atoms with E-state index in [4.69, 9.17) is 9.47 Å². The van der Waals surface area contributed by atoms with Gasteiger partial charge >= 0.3 is 0 Å². The van der Waals surface area contributed by atoms with Gasteiger partial charge < -0.3 is 14.8 Å². The fraction of sp³-hybridized carbons (Fsp3) is 0.500. The monoisotopic (exact) mass is 471 g/mol. The summed E-state index contributed by atoms with van der Waals surface area (Å²) in [6.07, 6.45) is 3.98. The molecule has 0 fully saturated rings. The molecule has 1 unspecified atom stereocenters. The van der Waals surface area contributed by atoms with E-state index >= 15 is 0 Å². The summed E-state index contributed by atoms with van der Waals surface area (Å²) in [6, 6.07) is 5.65. The average molecular weight is 472 g/mol. The second-order valence-corrected chi connectivity index (χ2v) is 8.71. The molecule has 0 aliphatic heterocycles. The van der Waals surface area contributed by atoms with Crippen LogP contribution < -0.4 is 14.8 Å². The third kappa shape index (κ3) is 5.96. The van der Waals surface area contributed by atoms with Crippen LogP contribution >= 0.6 is 11.8 Å². The second kappa shape index (κ2) is 11.4. The number of fused-ring (bicyclic) bond motifs is 1. The third-order valence-corrected chi connectivity index (χ3v) is 5.86. The van der Waals surface area contributed by atoms with Crippen LogP contribution in [0.3, 0.4) is 0 Å². The van der Waals surface area contributed by atoms with Gasteiger partial charge in [0, 0.05) is 17.0 Å². The van der Waals surface area contributed by atoms with E-state index in [2.05, 4.69) is 34.2 Å². The number of carbonyl (C=O) groups excluding carboxylic acids is 1. The van der Waals surface area contributed by atoms with Crippen molar-refractivity contribution in [1.29, 1.82) is 0 Å². The maximum Gasteiger partial charge on any atom is 0.253 e. The molecule has 0 saturated heterocycles. The Morgan fingerprint density at radius 1 is 1.12 bits per heavy atom. The Kier molecular flexibility index (Phi) is 8.55. The average Bonchev–Trinajstić information content (AvgIpc) is 3.22.